The molecule has 5 nitrogen and oxygen atoms in total. The Morgan fingerprint density at radius 2 is 1.89 bits per heavy atom. The van der Waals surface area contributed by atoms with Crippen molar-refractivity contribution in [2.75, 3.05) is 23.7 Å². The Hall–Kier alpha value is -1.36. The number of nitrogens with one attached hydrogen (secondary N) is 2. The van der Waals surface area contributed by atoms with Crippen molar-refractivity contribution in [1.82, 2.24) is 9.97 Å². The van der Waals surface area contributed by atoms with E-state index in [9.17, 15) is 0 Å². The van der Waals surface area contributed by atoms with Crippen LogP contribution in [0.5, 0.6) is 0 Å². The smallest absolute Gasteiger partial charge is 0.132 e. The van der Waals surface area contributed by atoms with E-state index in [1.807, 2.05) is 19.9 Å². The van der Waals surface area contributed by atoms with E-state index in [0.29, 0.717) is 12.0 Å². The molecule has 1 atom stereocenters. The molecule has 4 N–H and O–H groups in total. The van der Waals surface area contributed by atoms with E-state index in [4.69, 9.17) is 5.73 Å². The standard InChI is InChI=1S/C14H27N5/c1-10(9-15)17-13-8-12(18-11(2)19-13)16-7-6-14(3,4)5/h8,10H,6-7,9,15H2,1-5H3,(H2,16,17,18,19). The van der Waals surface area contributed by atoms with Gasteiger partial charge in [-0.25, -0.2) is 9.97 Å². The van der Waals surface area contributed by atoms with E-state index in [1.54, 1.807) is 0 Å². The van der Waals surface area contributed by atoms with Crippen LogP contribution in [0, 0.1) is 12.3 Å². The Morgan fingerprint density at radius 1 is 1.26 bits per heavy atom. The Morgan fingerprint density at radius 3 is 2.47 bits per heavy atom. The van der Waals surface area contributed by atoms with Crippen molar-refractivity contribution in [3.63, 3.8) is 0 Å². The predicted octanol–water partition coefficient (Wildman–Crippen LogP) is 2.39. The van der Waals surface area contributed by atoms with E-state index in [1.165, 1.54) is 0 Å². The molecule has 0 saturated carbocycles. The quantitative estimate of drug-likeness (QED) is 0.736. The summed E-state index contributed by atoms with van der Waals surface area (Å²) in [6.07, 6.45) is 1.10. The second-order valence-corrected chi connectivity index (χ2v) is 6.20. The highest BCUT2D eigenvalue weighted by atomic mass is 15.1. The summed E-state index contributed by atoms with van der Waals surface area (Å²) in [6, 6.07) is 2.14. The highest BCUT2D eigenvalue weighted by molar-refractivity contribution is 5.48. The number of rotatable bonds is 6. The van der Waals surface area contributed by atoms with Crippen LogP contribution in [0.3, 0.4) is 0 Å². The van der Waals surface area contributed by atoms with Crippen molar-refractivity contribution < 1.29 is 0 Å². The molecule has 19 heavy (non-hydrogen) atoms. The third kappa shape index (κ3) is 6.38. The number of anilines is 2. The monoisotopic (exact) mass is 265 g/mol. The summed E-state index contributed by atoms with van der Waals surface area (Å²) < 4.78 is 0. The molecule has 0 aliphatic carbocycles. The van der Waals surface area contributed by atoms with Gasteiger partial charge in [-0.2, -0.15) is 0 Å². The second-order valence-electron chi connectivity index (χ2n) is 6.20. The summed E-state index contributed by atoms with van der Waals surface area (Å²) in [6.45, 7) is 12.1. The van der Waals surface area contributed by atoms with Gasteiger partial charge < -0.3 is 16.4 Å². The zero-order valence-electron chi connectivity index (χ0n) is 12.7. The summed E-state index contributed by atoms with van der Waals surface area (Å²) in [5.74, 6) is 2.44. The molecular weight excluding hydrogens is 238 g/mol. The predicted molar refractivity (Wildman–Crippen MR) is 81.5 cm³/mol. The van der Waals surface area contributed by atoms with Crippen molar-refractivity contribution in [2.45, 2.75) is 47.1 Å². The first-order chi connectivity index (χ1) is 8.80. The maximum Gasteiger partial charge on any atom is 0.132 e. The van der Waals surface area contributed by atoms with E-state index in [-0.39, 0.29) is 6.04 Å². The Kier molecular flexibility index (Phi) is 5.54. The number of aryl methyl sites for hydroxylation is 1. The third-order valence-corrected chi connectivity index (χ3v) is 2.77. The fraction of sp³-hybridized carbons (Fsp3) is 0.714. The molecule has 1 heterocycles. The average Bonchev–Trinajstić information content (AvgIpc) is 2.26. The molecule has 5 heteroatoms. The van der Waals surface area contributed by atoms with E-state index in [2.05, 4.69) is 41.4 Å². The lowest BCUT2D eigenvalue weighted by atomic mass is 9.92. The van der Waals surface area contributed by atoms with Gasteiger partial charge in [0.2, 0.25) is 0 Å². The van der Waals surface area contributed by atoms with E-state index in [0.717, 1.165) is 30.4 Å². The molecule has 0 radical (unpaired) electrons. The van der Waals surface area contributed by atoms with Crippen LogP contribution in [0.4, 0.5) is 11.6 Å². The van der Waals surface area contributed by atoms with Gasteiger partial charge in [0.25, 0.3) is 0 Å². The Bertz CT molecular complexity index is 397. The maximum absolute atomic E-state index is 5.60. The topological polar surface area (TPSA) is 75.9 Å². The molecule has 0 aliphatic heterocycles. The van der Waals surface area contributed by atoms with Gasteiger partial charge in [0.05, 0.1) is 0 Å². The SMILES string of the molecule is Cc1nc(NCCC(C)(C)C)cc(NC(C)CN)n1. The number of hydrogen-bond donors (Lipinski definition) is 3. The molecule has 0 spiro atoms. The number of nitrogens with two attached hydrogens (primary N) is 1. The van der Waals surface area contributed by atoms with Gasteiger partial charge in [-0.3, -0.25) is 0 Å². The molecule has 108 valence electrons. The van der Waals surface area contributed by atoms with Crippen molar-refractivity contribution in [1.29, 1.82) is 0 Å². The van der Waals surface area contributed by atoms with E-state index < -0.39 is 0 Å². The van der Waals surface area contributed by atoms with Crippen LogP contribution in [-0.2, 0) is 0 Å². The molecule has 0 bridgehead atoms. The van der Waals surface area contributed by atoms with Crippen molar-refractivity contribution in [3.05, 3.63) is 11.9 Å². The molecule has 0 amide bonds. The molecule has 0 fully saturated rings. The first-order valence-corrected chi connectivity index (χ1v) is 6.86. The summed E-state index contributed by atoms with van der Waals surface area (Å²) in [7, 11) is 0. The van der Waals surface area contributed by atoms with Crippen LogP contribution >= 0.6 is 0 Å². The van der Waals surface area contributed by atoms with Gasteiger partial charge in [-0.05, 0) is 25.7 Å². The fourth-order valence-electron chi connectivity index (χ4n) is 1.61. The molecule has 0 aromatic carbocycles. The van der Waals surface area contributed by atoms with E-state index >= 15 is 0 Å². The minimum atomic E-state index is 0.205. The lowest BCUT2D eigenvalue weighted by Crippen LogP contribution is -2.26. The minimum Gasteiger partial charge on any atom is -0.370 e. The Balaban J connectivity index is 2.63. The Labute approximate surface area is 116 Å². The van der Waals surface area contributed by atoms with Crippen LogP contribution in [0.15, 0.2) is 6.07 Å². The minimum absolute atomic E-state index is 0.205. The second kappa shape index (κ2) is 6.70. The largest absolute Gasteiger partial charge is 0.370 e. The summed E-state index contributed by atoms with van der Waals surface area (Å²) in [5, 5.41) is 6.61. The fourth-order valence-corrected chi connectivity index (χ4v) is 1.61. The van der Waals surface area contributed by atoms with Crippen LogP contribution in [0.1, 0.15) is 39.9 Å². The van der Waals surface area contributed by atoms with Crippen molar-refractivity contribution >= 4 is 11.6 Å². The molecule has 1 aromatic rings. The average molecular weight is 265 g/mol. The van der Waals surface area contributed by atoms with Crippen molar-refractivity contribution in [2.24, 2.45) is 11.1 Å². The maximum atomic E-state index is 5.60. The first kappa shape index (κ1) is 15.7. The zero-order valence-corrected chi connectivity index (χ0v) is 12.7. The summed E-state index contributed by atoms with van der Waals surface area (Å²) >= 11 is 0. The van der Waals surface area contributed by atoms with Gasteiger partial charge in [-0.15, -0.1) is 0 Å². The lowest BCUT2D eigenvalue weighted by Gasteiger charge is -2.19. The van der Waals surface area contributed by atoms with Gasteiger partial charge in [0, 0.05) is 25.2 Å². The lowest BCUT2D eigenvalue weighted by molar-refractivity contribution is 0.389. The highest BCUT2D eigenvalue weighted by Gasteiger charge is 2.10. The molecule has 1 unspecified atom stereocenters. The van der Waals surface area contributed by atoms with Gasteiger partial charge in [0.1, 0.15) is 17.5 Å². The highest BCUT2D eigenvalue weighted by Crippen LogP contribution is 2.19. The van der Waals surface area contributed by atoms with Gasteiger partial charge in [-0.1, -0.05) is 20.8 Å². The van der Waals surface area contributed by atoms with Crippen molar-refractivity contribution in [3.8, 4) is 0 Å². The van der Waals surface area contributed by atoms with Crippen LogP contribution < -0.4 is 16.4 Å². The summed E-state index contributed by atoms with van der Waals surface area (Å²) in [5.41, 5.74) is 5.93. The molecule has 1 rings (SSSR count). The first-order valence-electron chi connectivity index (χ1n) is 6.86. The normalized spacial score (nSPS) is 13.2. The molecule has 0 saturated heterocycles. The third-order valence-electron chi connectivity index (χ3n) is 2.77. The number of aromatic nitrogens is 2. The zero-order chi connectivity index (χ0) is 14.5. The van der Waals surface area contributed by atoms with Crippen LogP contribution in [-0.4, -0.2) is 29.1 Å². The number of hydrogen-bond acceptors (Lipinski definition) is 5. The number of nitrogens with zero attached hydrogens (tertiary/aromatic N) is 2. The van der Waals surface area contributed by atoms with Crippen LogP contribution in [0.2, 0.25) is 0 Å². The van der Waals surface area contributed by atoms with Crippen LogP contribution in [0.25, 0.3) is 0 Å². The summed E-state index contributed by atoms with van der Waals surface area (Å²) in [4.78, 5) is 8.75. The molecule has 0 aliphatic rings. The molecular formula is C14H27N5. The van der Waals surface area contributed by atoms with Gasteiger partial charge in [0.15, 0.2) is 0 Å². The van der Waals surface area contributed by atoms with Gasteiger partial charge >= 0.3 is 0 Å². The molecule has 1 aromatic heterocycles.